The monoisotopic (exact) mass is 349 g/mol. The van der Waals surface area contributed by atoms with Crippen LogP contribution in [-0.2, 0) is 6.42 Å². The van der Waals surface area contributed by atoms with E-state index in [1.54, 1.807) is 6.07 Å². The average molecular weight is 350 g/mol. The summed E-state index contributed by atoms with van der Waals surface area (Å²) >= 11 is 3.41. The van der Waals surface area contributed by atoms with Crippen LogP contribution in [0.5, 0.6) is 5.75 Å². The van der Waals surface area contributed by atoms with Gasteiger partial charge in [0.05, 0.1) is 12.6 Å². The predicted molar refractivity (Wildman–Crippen MR) is 85.3 cm³/mol. The summed E-state index contributed by atoms with van der Waals surface area (Å²) in [5.41, 5.74) is 2.90. The van der Waals surface area contributed by atoms with Crippen LogP contribution in [0.2, 0.25) is 0 Å². The van der Waals surface area contributed by atoms with E-state index in [4.69, 9.17) is 4.74 Å². The Morgan fingerprint density at radius 3 is 2.90 bits per heavy atom. The molecular formula is C17H17BrFNO. The lowest BCUT2D eigenvalue weighted by Gasteiger charge is -2.22. The van der Waals surface area contributed by atoms with Crippen LogP contribution in [0.25, 0.3) is 0 Å². The van der Waals surface area contributed by atoms with Crippen molar-refractivity contribution >= 4 is 15.9 Å². The smallest absolute Gasteiger partial charge is 0.128 e. The van der Waals surface area contributed by atoms with Crippen LogP contribution in [0.3, 0.4) is 0 Å². The predicted octanol–water partition coefficient (Wildman–Crippen LogP) is 4.22. The number of nitrogens with one attached hydrogen (secondary N) is 1. The fourth-order valence-corrected chi connectivity index (χ4v) is 3.18. The molecule has 1 heterocycles. The molecule has 0 fully saturated rings. The van der Waals surface area contributed by atoms with Crippen LogP contribution in [-0.4, -0.2) is 13.7 Å². The van der Waals surface area contributed by atoms with Crippen LogP contribution in [0.4, 0.5) is 4.39 Å². The third kappa shape index (κ3) is 2.97. The maximum absolute atomic E-state index is 14.1. The summed E-state index contributed by atoms with van der Waals surface area (Å²) in [5, 5.41) is 3.21. The molecule has 0 amide bonds. The van der Waals surface area contributed by atoms with E-state index >= 15 is 0 Å². The number of rotatable bonds is 3. The molecule has 110 valence electrons. The minimum Gasteiger partial charge on any atom is -0.493 e. The lowest BCUT2D eigenvalue weighted by molar-refractivity contribution is 0.288. The van der Waals surface area contributed by atoms with Gasteiger partial charge in [0.25, 0.3) is 0 Å². The normalized spacial score (nSPS) is 15.2. The lowest BCUT2D eigenvalue weighted by atomic mass is 9.94. The fourth-order valence-electron chi connectivity index (χ4n) is 2.80. The second-order valence-electron chi connectivity index (χ2n) is 5.21. The van der Waals surface area contributed by atoms with E-state index in [9.17, 15) is 4.39 Å². The van der Waals surface area contributed by atoms with Gasteiger partial charge in [0.15, 0.2) is 0 Å². The third-order valence-corrected chi connectivity index (χ3v) is 4.32. The number of halogens is 2. The van der Waals surface area contributed by atoms with Crippen LogP contribution in [0.15, 0.2) is 40.9 Å². The lowest BCUT2D eigenvalue weighted by Crippen LogP contribution is -2.20. The molecule has 0 saturated heterocycles. The molecule has 0 radical (unpaired) electrons. The maximum Gasteiger partial charge on any atom is 0.128 e. The first-order valence-electron chi connectivity index (χ1n) is 7.07. The Bertz CT molecular complexity index is 659. The maximum atomic E-state index is 14.1. The van der Waals surface area contributed by atoms with E-state index in [-0.39, 0.29) is 11.9 Å². The molecule has 3 rings (SSSR count). The van der Waals surface area contributed by atoms with Crippen molar-refractivity contribution in [2.75, 3.05) is 13.7 Å². The van der Waals surface area contributed by atoms with Crippen molar-refractivity contribution in [2.24, 2.45) is 0 Å². The van der Waals surface area contributed by atoms with Gasteiger partial charge in [-0.2, -0.15) is 0 Å². The van der Waals surface area contributed by atoms with Crippen molar-refractivity contribution in [2.45, 2.75) is 18.9 Å². The molecule has 21 heavy (non-hydrogen) atoms. The SMILES string of the molecule is CNC(c1ccc2c(c1)CCCO2)c1cc(Br)ccc1F. The molecule has 1 unspecified atom stereocenters. The second kappa shape index (κ2) is 6.16. The van der Waals surface area contributed by atoms with Gasteiger partial charge >= 0.3 is 0 Å². The Balaban J connectivity index is 2.01. The zero-order valence-corrected chi connectivity index (χ0v) is 13.4. The minimum absolute atomic E-state index is 0.172. The van der Waals surface area contributed by atoms with Gasteiger partial charge in [-0.25, -0.2) is 4.39 Å². The van der Waals surface area contributed by atoms with Crippen molar-refractivity contribution in [1.82, 2.24) is 5.32 Å². The Labute approximate surface area is 132 Å². The Hall–Kier alpha value is -1.39. The first-order valence-corrected chi connectivity index (χ1v) is 7.86. The molecule has 0 bridgehead atoms. The van der Waals surface area contributed by atoms with Gasteiger partial charge in [-0.3, -0.25) is 0 Å². The van der Waals surface area contributed by atoms with E-state index in [2.05, 4.69) is 27.3 Å². The van der Waals surface area contributed by atoms with Crippen molar-refractivity contribution in [3.63, 3.8) is 0 Å². The molecule has 4 heteroatoms. The summed E-state index contributed by atoms with van der Waals surface area (Å²) in [5.74, 6) is 0.751. The molecule has 1 aliphatic rings. The summed E-state index contributed by atoms with van der Waals surface area (Å²) in [6.45, 7) is 0.780. The Morgan fingerprint density at radius 1 is 1.24 bits per heavy atom. The molecule has 0 aromatic heterocycles. The number of fused-ring (bicyclic) bond motifs is 1. The van der Waals surface area contributed by atoms with E-state index in [1.807, 2.05) is 25.2 Å². The largest absolute Gasteiger partial charge is 0.493 e. The first-order chi connectivity index (χ1) is 10.2. The van der Waals surface area contributed by atoms with E-state index in [0.717, 1.165) is 35.2 Å². The fraction of sp³-hybridized carbons (Fsp3) is 0.294. The highest BCUT2D eigenvalue weighted by Crippen LogP contribution is 2.32. The minimum atomic E-state index is -0.202. The third-order valence-electron chi connectivity index (χ3n) is 3.82. The summed E-state index contributed by atoms with van der Waals surface area (Å²) in [6.07, 6.45) is 2.05. The summed E-state index contributed by atoms with van der Waals surface area (Å²) in [6, 6.07) is 11.0. The molecule has 1 aliphatic heterocycles. The Morgan fingerprint density at radius 2 is 2.10 bits per heavy atom. The number of hydrogen-bond acceptors (Lipinski definition) is 2. The highest BCUT2D eigenvalue weighted by Gasteiger charge is 2.19. The molecule has 2 aromatic carbocycles. The van der Waals surface area contributed by atoms with Crippen LogP contribution in [0.1, 0.15) is 29.2 Å². The average Bonchev–Trinajstić information content (AvgIpc) is 2.51. The van der Waals surface area contributed by atoms with Gasteiger partial charge in [-0.15, -0.1) is 0 Å². The van der Waals surface area contributed by atoms with E-state index in [0.29, 0.717) is 5.56 Å². The zero-order chi connectivity index (χ0) is 14.8. The van der Waals surface area contributed by atoms with Crippen molar-refractivity contribution in [3.05, 3.63) is 63.4 Å². The van der Waals surface area contributed by atoms with Crippen molar-refractivity contribution in [3.8, 4) is 5.75 Å². The number of aryl methyl sites for hydroxylation is 1. The van der Waals surface area contributed by atoms with Gasteiger partial charge < -0.3 is 10.1 Å². The van der Waals surface area contributed by atoms with Gasteiger partial charge in [0.1, 0.15) is 11.6 Å². The number of hydrogen-bond donors (Lipinski definition) is 1. The highest BCUT2D eigenvalue weighted by atomic mass is 79.9. The molecule has 0 saturated carbocycles. The molecular weight excluding hydrogens is 333 g/mol. The molecule has 1 N–H and O–H groups in total. The first kappa shape index (κ1) is 14.5. The molecule has 2 aromatic rings. The molecule has 0 spiro atoms. The number of ether oxygens (including phenoxy) is 1. The van der Waals surface area contributed by atoms with Crippen LogP contribution >= 0.6 is 15.9 Å². The van der Waals surface area contributed by atoms with Crippen LogP contribution < -0.4 is 10.1 Å². The van der Waals surface area contributed by atoms with Gasteiger partial charge in [-0.1, -0.05) is 28.1 Å². The highest BCUT2D eigenvalue weighted by molar-refractivity contribution is 9.10. The number of benzene rings is 2. The zero-order valence-electron chi connectivity index (χ0n) is 11.8. The topological polar surface area (TPSA) is 21.3 Å². The van der Waals surface area contributed by atoms with Gasteiger partial charge in [0.2, 0.25) is 0 Å². The summed E-state index contributed by atoms with van der Waals surface area (Å²) in [4.78, 5) is 0. The molecule has 1 atom stereocenters. The van der Waals surface area contributed by atoms with E-state index in [1.165, 1.54) is 11.6 Å². The second-order valence-corrected chi connectivity index (χ2v) is 6.12. The summed E-state index contributed by atoms with van der Waals surface area (Å²) < 4.78 is 20.7. The summed E-state index contributed by atoms with van der Waals surface area (Å²) in [7, 11) is 1.85. The van der Waals surface area contributed by atoms with E-state index < -0.39 is 0 Å². The standard InChI is InChI=1S/C17H17BrFNO/c1-20-17(14-10-13(18)5-6-15(14)19)12-4-7-16-11(9-12)3-2-8-21-16/h4-7,9-10,17,20H,2-3,8H2,1H3. The van der Waals surface area contributed by atoms with Crippen molar-refractivity contribution < 1.29 is 9.13 Å². The van der Waals surface area contributed by atoms with Gasteiger partial charge in [0, 0.05) is 10.0 Å². The molecule has 2 nitrogen and oxygen atoms in total. The van der Waals surface area contributed by atoms with Crippen molar-refractivity contribution in [1.29, 1.82) is 0 Å². The van der Waals surface area contributed by atoms with Gasteiger partial charge in [-0.05, 0) is 55.3 Å². The molecule has 0 aliphatic carbocycles. The Kier molecular flexibility index (Phi) is 4.27. The quantitative estimate of drug-likeness (QED) is 0.895. The van der Waals surface area contributed by atoms with Crippen LogP contribution in [0, 0.1) is 5.82 Å².